The summed E-state index contributed by atoms with van der Waals surface area (Å²) >= 11 is 1.61. The Labute approximate surface area is 140 Å². The Morgan fingerprint density at radius 2 is 2.17 bits per heavy atom. The van der Waals surface area contributed by atoms with Crippen LogP contribution in [0.3, 0.4) is 0 Å². The topological polar surface area (TPSA) is 61.4 Å². The molecular formula is C16H21N5OS. The van der Waals surface area contributed by atoms with Crippen LogP contribution >= 0.6 is 11.3 Å². The van der Waals surface area contributed by atoms with E-state index in [9.17, 15) is 4.79 Å². The standard InChI is InChI=1S/C16H21N5OS/c1-12-18-10-13(23-12)11-20(2)16(22)19-14-6-5-7-17-15(14)21-8-3-4-9-21/h5-7,10H,3-4,8-9,11H2,1-2H3,(H,19,22). The van der Waals surface area contributed by atoms with Crippen LogP contribution in [0.1, 0.15) is 22.7 Å². The minimum absolute atomic E-state index is 0.135. The van der Waals surface area contributed by atoms with Crippen LogP contribution < -0.4 is 10.2 Å². The van der Waals surface area contributed by atoms with E-state index in [2.05, 4.69) is 20.2 Å². The largest absolute Gasteiger partial charge is 0.355 e. The van der Waals surface area contributed by atoms with Crippen LogP contribution in [0.4, 0.5) is 16.3 Å². The van der Waals surface area contributed by atoms with Gasteiger partial charge in [-0.25, -0.2) is 14.8 Å². The lowest BCUT2D eigenvalue weighted by Gasteiger charge is -2.22. The molecule has 122 valence electrons. The molecule has 2 aromatic heterocycles. The molecule has 0 atom stereocenters. The molecule has 3 rings (SSSR count). The van der Waals surface area contributed by atoms with E-state index in [1.54, 1.807) is 29.5 Å². The van der Waals surface area contributed by atoms with Crippen LogP contribution in [-0.2, 0) is 6.54 Å². The molecule has 0 bridgehead atoms. The molecule has 0 aliphatic carbocycles. The number of thiazole rings is 1. The lowest BCUT2D eigenvalue weighted by atomic mass is 10.3. The predicted octanol–water partition coefficient (Wildman–Crippen LogP) is 3.11. The molecule has 6 nitrogen and oxygen atoms in total. The lowest BCUT2D eigenvalue weighted by Crippen LogP contribution is -2.31. The highest BCUT2D eigenvalue weighted by Crippen LogP contribution is 2.26. The first-order chi connectivity index (χ1) is 11.1. The average molecular weight is 331 g/mol. The van der Waals surface area contributed by atoms with Crippen molar-refractivity contribution in [3.8, 4) is 0 Å². The number of rotatable bonds is 4. The number of amides is 2. The highest BCUT2D eigenvalue weighted by atomic mass is 32.1. The first kappa shape index (κ1) is 15.7. The van der Waals surface area contributed by atoms with Crippen molar-refractivity contribution in [2.45, 2.75) is 26.3 Å². The molecule has 2 aromatic rings. The molecule has 3 heterocycles. The first-order valence-corrected chi connectivity index (χ1v) is 8.58. The molecule has 0 spiro atoms. The predicted molar refractivity (Wildman–Crippen MR) is 93.0 cm³/mol. The van der Waals surface area contributed by atoms with Gasteiger partial charge >= 0.3 is 6.03 Å². The van der Waals surface area contributed by atoms with Crippen LogP contribution in [0.25, 0.3) is 0 Å². The van der Waals surface area contributed by atoms with Crippen LogP contribution in [-0.4, -0.2) is 41.0 Å². The van der Waals surface area contributed by atoms with Crippen molar-refractivity contribution in [2.75, 3.05) is 30.4 Å². The van der Waals surface area contributed by atoms with Gasteiger partial charge in [0.1, 0.15) is 0 Å². The van der Waals surface area contributed by atoms with Gasteiger partial charge in [-0.05, 0) is 31.9 Å². The number of hydrogen-bond acceptors (Lipinski definition) is 5. The maximum atomic E-state index is 12.4. The zero-order chi connectivity index (χ0) is 16.2. The molecule has 23 heavy (non-hydrogen) atoms. The van der Waals surface area contributed by atoms with Crippen LogP contribution in [0.2, 0.25) is 0 Å². The van der Waals surface area contributed by atoms with E-state index in [4.69, 9.17) is 0 Å². The Kier molecular flexibility index (Phi) is 4.76. The van der Waals surface area contributed by atoms with E-state index in [1.807, 2.05) is 25.3 Å². The molecule has 0 saturated carbocycles. The third-order valence-electron chi connectivity index (χ3n) is 3.84. The van der Waals surface area contributed by atoms with Gasteiger partial charge in [0.15, 0.2) is 5.82 Å². The summed E-state index contributed by atoms with van der Waals surface area (Å²) in [5, 5.41) is 3.99. The monoisotopic (exact) mass is 331 g/mol. The van der Waals surface area contributed by atoms with Crippen molar-refractivity contribution in [3.63, 3.8) is 0 Å². The van der Waals surface area contributed by atoms with Gasteiger partial charge in [-0.2, -0.15) is 0 Å². The summed E-state index contributed by atoms with van der Waals surface area (Å²) in [6.07, 6.45) is 5.94. The van der Waals surface area contributed by atoms with Gasteiger partial charge in [0.25, 0.3) is 0 Å². The molecule has 0 radical (unpaired) electrons. The molecule has 1 saturated heterocycles. The second-order valence-electron chi connectivity index (χ2n) is 5.70. The van der Waals surface area contributed by atoms with Gasteiger partial charge in [-0.3, -0.25) is 0 Å². The van der Waals surface area contributed by atoms with Gasteiger partial charge in [0, 0.05) is 37.4 Å². The van der Waals surface area contributed by atoms with Gasteiger partial charge in [0.05, 0.1) is 17.2 Å². The minimum Gasteiger partial charge on any atom is -0.355 e. The van der Waals surface area contributed by atoms with Crippen molar-refractivity contribution in [3.05, 3.63) is 34.4 Å². The molecule has 0 aromatic carbocycles. The number of aryl methyl sites for hydroxylation is 1. The number of nitrogens with zero attached hydrogens (tertiary/aromatic N) is 4. The zero-order valence-corrected chi connectivity index (χ0v) is 14.3. The van der Waals surface area contributed by atoms with Crippen LogP contribution in [0, 0.1) is 6.92 Å². The Morgan fingerprint density at radius 1 is 1.39 bits per heavy atom. The summed E-state index contributed by atoms with van der Waals surface area (Å²) in [7, 11) is 1.79. The van der Waals surface area contributed by atoms with Gasteiger partial charge in [-0.15, -0.1) is 11.3 Å². The summed E-state index contributed by atoms with van der Waals surface area (Å²) in [6, 6.07) is 3.62. The number of aromatic nitrogens is 2. The minimum atomic E-state index is -0.135. The summed E-state index contributed by atoms with van der Waals surface area (Å²) < 4.78 is 0. The number of hydrogen-bond donors (Lipinski definition) is 1. The van der Waals surface area contributed by atoms with Gasteiger partial charge < -0.3 is 15.1 Å². The van der Waals surface area contributed by atoms with Gasteiger partial charge in [0.2, 0.25) is 0 Å². The van der Waals surface area contributed by atoms with Crippen molar-refractivity contribution in [2.24, 2.45) is 0 Å². The fraction of sp³-hybridized carbons (Fsp3) is 0.438. The Morgan fingerprint density at radius 3 is 2.87 bits per heavy atom. The van der Waals surface area contributed by atoms with E-state index in [-0.39, 0.29) is 6.03 Å². The first-order valence-electron chi connectivity index (χ1n) is 7.77. The number of anilines is 2. The fourth-order valence-corrected chi connectivity index (χ4v) is 3.52. The van der Waals surface area contributed by atoms with Crippen molar-refractivity contribution < 1.29 is 4.79 Å². The zero-order valence-electron chi connectivity index (χ0n) is 13.5. The lowest BCUT2D eigenvalue weighted by molar-refractivity contribution is 0.221. The molecule has 1 aliphatic rings. The van der Waals surface area contributed by atoms with Crippen molar-refractivity contribution >= 4 is 28.9 Å². The maximum absolute atomic E-state index is 12.4. The quantitative estimate of drug-likeness (QED) is 0.935. The van der Waals surface area contributed by atoms with Crippen molar-refractivity contribution in [1.82, 2.24) is 14.9 Å². The molecule has 0 unspecified atom stereocenters. The number of nitrogens with one attached hydrogen (secondary N) is 1. The third kappa shape index (κ3) is 3.79. The summed E-state index contributed by atoms with van der Waals surface area (Å²) in [5.41, 5.74) is 0.770. The Balaban J connectivity index is 1.67. The van der Waals surface area contributed by atoms with E-state index >= 15 is 0 Å². The van der Waals surface area contributed by atoms with Crippen molar-refractivity contribution in [1.29, 1.82) is 0 Å². The van der Waals surface area contributed by atoms with Crippen LogP contribution in [0.5, 0.6) is 0 Å². The normalized spacial score (nSPS) is 14.1. The highest BCUT2D eigenvalue weighted by Gasteiger charge is 2.19. The third-order valence-corrected chi connectivity index (χ3v) is 4.74. The Hall–Kier alpha value is -2.15. The highest BCUT2D eigenvalue weighted by molar-refractivity contribution is 7.11. The van der Waals surface area contributed by atoms with E-state index < -0.39 is 0 Å². The summed E-state index contributed by atoms with van der Waals surface area (Å²) in [4.78, 5) is 26.1. The van der Waals surface area contributed by atoms with E-state index in [1.165, 1.54) is 12.8 Å². The second kappa shape index (κ2) is 6.95. The van der Waals surface area contributed by atoms with Crippen LogP contribution in [0.15, 0.2) is 24.5 Å². The number of carbonyl (C=O) groups excluding carboxylic acids is 1. The number of urea groups is 1. The maximum Gasteiger partial charge on any atom is 0.322 e. The van der Waals surface area contributed by atoms with E-state index in [0.717, 1.165) is 34.5 Å². The number of pyridine rings is 1. The molecule has 1 N–H and O–H groups in total. The molecule has 1 fully saturated rings. The molecule has 1 aliphatic heterocycles. The second-order valence-corrected chi connectivity index (χ2v) is 7.02. The average Bonchev–Trinajstić information content (AvgIpc) is 3.19. The smallest absolute Gasteiger partial charge is 0.322 e. The summed E-state index contributed by atoms with van der Waals surface area (Å²) in [5.74, 6) is 0.861. The molecular weight excluding hydrogens is 310 g/mol. The molecule has 2 amide bonds. The fourth-order valence-electron chi connectivity index (χ4n) is 2.67. The van der Waals surface area contributed by atoms with Gasteiger partial charge in [-0.1, -0.05) is 0 Å². The number of carbonyl (C=O) groups is 1. The van der Waals surface area contributed by atoms with E-state index in [0.29, 0.717) is 6.54 Å². The Bertz CT molecular complexity index is 681. The SMILES string of the molecule is Cc1ncc(CN(C)C(=O)Nc2cccnc2N2CCCC2)s1. The summed E-state index contributed by atoms with van der Waals surface area (Å²) in [6.45, 7) is 4.51. The molecule has 7 heteroatoms.